The van der Waals surface area contributed by atoms with Crippen LogP contribution in [0.5, 0.6) is 0 Å². The number of hydrogen-bond acceptors (Lipinski definition) is 3. The van der Waals surface area contributed by atoms with Gasteiger partial charge in [-0.3, -0.25) is 0 Å². The van der Waals surface area contributed by atoms with E-state index in [0.29, 0.717) is 19.1 Å². The molecule has 144 valence electrons. The van der Waals surface area contributed by atoms with Crippen LogP contribution in [0.2, 0.25) is 0 Å². The highest BCUT2D eigenvalue weighted by atomic mass is 16.7. The summed E-state index contributed by atoms with van der Waals surface area (Å²) in [5.74, 6) is -0.0363. The van der Waals surface area contributed by atoms with E-state index >= 15 is 0 Å². The maximum atomic E-state index is 6.03. The van der Waals surface area contributed by atoms with Crippen molar-refractivity contribution in [2.24, 2.45) is 5.92 Å². The Bertz CT molecular complexity index is 283. The van der Waals surface area contributed by atoms with Crippen LogP contribution in [0.4, 0.5) is 0 Å². The highest BCUT2D eigenvalue weighted by Crippen LogP contribution is 2.32. The molecule has 0 heterocycles. The lowest BCUT2D eigenvalue weighted by molar-refractivity contribution is -0.254. The summed E-state index contributed by atoms with van der Waals surface area (Å²) in [6, 6.07) is 0. The van der Waals surface area contributed by atoms with E-state index in [1.807, 2.05) is 26.8 Å². The molecule has 0 aromatic heterocycles. The largest absolute Gasteiger partial charge is 0.502 e. The summed E-state index contributed by atoms with van der Waals surface area (Å²) in [5.41, 5.74) is 0. The van der Waals surface area contributed by atoms with Crippen molar-refractivity contribution in [3.05, 3.63) is 12.3 Å². The standard InChI is InChI=1S/C21H42O3/c1-6-10-11-12-13-14-16-20(17-15-19-22-18-7-2)21(5,23-8-3)24-9-4/h7,18,20H,6,8-17,19H2,1-5H3. The van der Waals surface area contributed by atoms with Crippen molar-refractivity contribution in [2.75, 3.05) is 19.8 Å². The Morgan fingerprint density at radius 2 is 1.42 bits per heavy atom. The van der Waals surface area contributed by atoms with Crippen LogP contribution in [0, 0.1) is 5.92 Å². The molecule has 0 aromatic rings. The average Bonchev–Trinajstić information content (AvgIpc) is 2.56. The maximum Gasteiger partial charge on any atom is 0.168 e. The minimum Gasteiger partial charge on any atom is -0.502 e. The van der Waals surface area contributed by atoms with Gasteiger partial charge in [-0.05, 0) is 47.0 Å². The quantitative estimate of drug-likeness (QED) is 0.172. The van der Waals surface area contributed by atoms with Crippen molar-refractivity contribution in [2.45, 2.75) is 98.2 Å². The van der Waals surface area contributed by atoms with Crippen molar-refractivity contribution < 1.29 is 14.2 Å². The maximum absolute atomic E-state index is 6.03. The molecule has 1 unspecified atom stereocenters. The van der Waals surface area contributed by atoms with Gasteiger partial charge in [0.15, 0.2) is 5.79 Å². The minimum absolute atomic E-state index is 0.429. The van der Waals surface area contributed by atoms with E-state index in [4.69, 9.17) is 14.2 Å². The normalized spacial score (nSPS) is 13.5. The fourth-order valence-electron chi connectivity index (χ4n) is 3.27. The summed E-state index contributed by atoms with van der Waals surface area (Å²) in [6.45, 7) is 12.6. The van der Waals surface area contributed by atoms with Crippen LogP contribution in [0.25, 0.3) is 0 Å². The Kier molecular flexibility index (Phi) is 15.6. The molecule has 0 aliphatic heterocycles. The second-order valence-electron chi connectivity index (χ2n) is 6.62. The Labute approximate surface area is 151 Å². The fourth-order valence-corrected chi connectivity index (χ4v) is 3.27. The summed E-state index contributed by atoms with van der Waals surface area (Å²) in [4.78, 5) is 0. The Balaban J connectivity index is 4.44. The summed E-state index contributed by atoms with van der Waals surface area (Å²) in [5, 5.41) is 0. The predicted octanol–water partition coefficient (Wildman–Crippen LogP) is 6.47. The molecule has 0 aliphatic rings. The van der Waals surface area contributed by atoms with Crippen LogP contribution in [0.15, 0.2) is 12.3 Å². The average molecular weight is 343 g/mol. The topological polar surface area (TPSA) is 27.7 Å². The zero-order valence-electron chi connectivity index (χ0n) is 16.9. The van der Waals surface area contributed by atoms with Gasteiger partial charge >= 0.3 is 0 Å². The van der Waals surface area contributed by atoms with Crippen LogP contribution in [-0.4, -0.2) is 25.6 Å². The Morgan fingerprint density at radius 3 is 2.00 bits per heavy atom. The number of hydrogen-bond donors (Lipinski definition) is 0. The van der Waals surface area contributed by atoms with E-state index in [-0.39, 0.29) is 0 Å². The van der Waals surface area contributed by atoms with E-state index in [2.05, 4.69) is 13.8 Å². The van der Waals surface area contributed by atoms with Gasteiger partial charge in [-0.15, -0.1) is 0 Å². The van der Waals surface area contributed by atoms with E-state index in [0.717, 1.165) is 19.4 Å². The first-order valence-electron chi connectivity index (χ1n) is 10.1. The van der Waals surface area contributed by atoms with Crippen LogP contribution >= 0.6 is 0 Å². The Hall–Kier alpha value is -0.540. The van der Waals surface area contributed by atoms with Crippen molar-refractivity contribution in [3.63, 3.8) is 0 Å². The minimum atomic E-state index is -0.465. The van der Waals surface area contributed by atoms with Crippen LogP contribution in [-0.2, 0) is 14.2 Å². The second kappa shape index (κ2) is 16.0. The van der Waals surface area contributed by atoms with E-state index in [1.54, 1.807) is 6.26 Å². The molecular weight excluding hydrogens is 300 g/mol. The van der Waals surface area contributed by atoms with E-state index in [1.165, 1.54) is 44.9 Å². The van der Waals surface area contributed by atoms with Crippen molar-refractivity contribution in [1.29, 1.82) is 0 Å². The predicted molar refractivity (Wildman–Crippen MR) is 103 cm³/mol. The molecule has 0 aromatic carbocycles. The first-order chi connectivity index (χ1) is 11.6. The van der Waals surface area contributed by atoms with Gasteiger partial charge in [0.2, 0.25) is 0 Å². The zero-order chi connectivity index (χ0) is 18.1. The molecule has 3 nitrogen and oxygen atoms in total. The number of ether oxygens (including phenoxy) is 3. The van der Waals surface area contributed by atoms with Crippen molar-refractivity contribution in [3.8, 4) is 0 Å². The molecule has 0 amide bonds. The van der Waals surface area contributed by atoms with Gasteiger partial charge in [-0.1, -0.05) is 51.5 Å². The van der Waals surface area contributed by atoms with Gasteiger partial charge in [0, 0.05) is 19.1 Å². The van der Waals surface area contributed by atoms with Gasteiger partial charge in [-0.2, -0.15) is 0 Å². The molecule has 0 saturated heterocycles. The van der Waals surface area contributed by atoms with Gasteiger partial charge in [0.25, 0.3) is 0 Å². The molecule has 1 atom stereocenters. The van der Waals surface area contributed by atoms with Crippen LogP contribution < -0.4 is 0 Å². The highest BCUT2D eigenvalue weighted by Gasteiger charge is 2.34. The monoisotopic (exact) mass is 342 g/mol. The smallest absolute Gasteiger partial charge is 0.168 e. The number of rotatable bonds is 17. The fraction of sp³-hybridized carbons (Fsp3) is 0.905. The van der Waals surface area contributed by atoms with Gasteiger partial charge in [-0.25, -0.2) is 0 Å². The third-order valence-corrected chi connectivity index (χ3v) is 4.56. The molecule has 0 saturated carbocycles. The molecule has 24 heavy (non-hydrogen) atoms. The molecule has 3 heteroatoms. The molecule has 0 N–H and O–H groups in total. The summed E-state index contributed by atoms with van der Waals surface area (Å²) < 4.78 is 17.5. The van der Waals surface area contributed by atoms with Gasteiger partial charge in [0.05, 0.1) is 12.9 Å². The third-order valence-electron chi connectivity index (χ3n) is 4.56. The summed E-state index contributed by atoms with van der Waals surface area (Å²) in [7, 11) is 0. The van der Waals surface area contributed by atoms with E-state index in [9.17, 15) is 0 Å². The Morgan fingerprint density at radius 1 is 0.833 bits per heavy atom. The van der Waals surface area contributed by atoms with Gasteiger partial charge in [0.1, 0.15) is 0 Å². The number of allylic oxidation sites excluding steroid dienone is 1. The van der Waals surface area contributed by atoms with Gasteiger partial charge < -0.3 is 14.2 Å². The lowest BCUT2D eigenvalue weighted by atomic mass is 9.88. The zero-order valence-corrected chi connectivity index (χ0v) is 16.9. The van der Waals surface area contributed by atoms with Crippen molar-refractivity contribution >= 4 is 0 Å². The molecular formula is C21H42O3. The molecule has 0 fully saturated rings. The second-order valence-corrected chi connectivity index (χ2v) is 6.62. The first kappa shape index (κ1) is 23.5. The lowest BCUT2D eigenvalue weighted by Gasteiger charge is -2.37. The third kappa shape index (κ3) is 11.1. The summed E-state index contributed by atoms with van der Waals surface area (Å²) in [6.07, 6.45) is 15.0. The highest BCUT2D eigenvalue weighted by molar-refractivity contribution is 4.76. The van der Waals surface area contributed by atoms with E-state index < -0.39 is 5.79 Å². The molecule has 0 spiro atoms. The van der Waals surface area contributed by atoms with Crippen LogP contribution in [0.3, 0.4) is 0 Å². The molecule has 0 radical (unpaired) electrons. The molecule has 0 rings (SSSR count). The first-order valence-corrected chi connectivity index (χ1v) is 10.1. The molecule has 0 aliphatic carbocycles. The summed E-state index contributed by atoms with van der Waals surface area (Å²) >= 11 is 0. The van der Waals surface area contributed by atoms with Crippen molar-refractivity contribution in [1.82, 2.24) is 0 Å². The lowest BCUT2D eigenvalue weighted by Crippen LogP contribution is -2.41. The van der Waals surface area contributed by atoms with Crippen LogP contribution in [0.1, 0.15) is 92.4 Å². The molecule has 0 bridgehead atoms. The number of unbranched alkanes of at least 4 members (excludes halogenated alkanes) is 5. The SMILES string of the molecule is CC=COCCCC(CCCCCCCC)C(C)(OCC)OCC.